The summed E-state index contributed by atoms with van der Waals surface area (Å²) in [5, 5.41) is 3.47. The number of hydrogen-bond donors (Lipinski definition) is 1. The molecular formula is C17H18ClNO3. The van der Waals surface area contributed by atoms with Crippen LogP contribution < -0.4 is 14.8 Å². The van der Waals surface area contributed by atoms with Gasteiger partial charge in [-0.1, -0.05) is 23.7 Å². The number of hydrogen-bond acceptors (Lipinski definition) is 3. The minimum Gasteiger partial charge on any atom is -0.493 e. The lowest BCUT2D eigenvalue weighted by atomic mass is 10.1. The second kappa shape index (κ2) is 7.18. The van der Waals surface area contributed by atoms with E-state index < -0.39 is 0 Å². The summed E-state index contributed by atoms with van der Waals surface area (Å²) < 4.78 is 10.5. The first kappa shape index (κ1) is 16.2. The highest BCUT2D eigenvalue weighted by Crippen LogP contribution is 2.30. The largest absolute Gasteiger partial charge is 0.493 e. The number of carbonyl (C=O) groups excluding carboxylic acids is 1. The van der Waals surface area contributed by atoms with Crippen molar-refractivity contribution in [1.82, 2.24) is 5.32 Å². The Bertz CT molecular complexity index is 673. The maximum Gasteiger partial charge on any atom is 0.251 e. The van der Waals surface area contributed by atoms with Gasteiger partial charge in [0.05, 0.1) is 20.3 Å². The van der Waals surface area contributed by atoms with Gasteiger partial charge in [0.25, 0.3) is 5.91 Å². The van der Waals surface area contributed by atoms with Crippen molar-refractivity contribution in [1.29, 1.82) is 0 Å². The summed E-state index contributed by atoms with van der Waals surface area (Å²) in [6.45, 7) is 1.91. The van der Waals surface area contributed by atoms with Crippen LogP contribution in [-0.4, -0.2) is 20.1 Å². The van der Waals surface area contributed by atoms with E-state index in [1.165, 1.54) is 0 Å². The normalized spacial score (nSPS) is 11.6. The molecule has 2 rings (SSSR count). The van der Waals surface area contributed by atoms with Crippen molar-refractivity contribution in [3.05, 3.63) is 58.6 Å². The lowest BCUT2D eigenvalue weighted by molar-refractivity contribution is 0.0940. The molecule has 0 aliphatic rings. The molecule has 2 aromatic rings. The molecule has 1 unspecified atom stereocenters. The average Bonchev–Trinajstić information content (AvgIpc) is 2.54. The Labute approximate surface area is 135 Å². The maximum absolute atomic E-state index is 12.2. The fourth-order valence-corrected chi connectivity index (χ4v) is 2.31. The van der Waals surface area contributed by atoms with E-state index in [1.54, 1.807) is 38.5 Å². The van der Waals surface area contributed by atoms with Gasteiger partial charge in [0.1, 0.15) is 0 Å². The Kier molecular flexibility index (Phi) is 5.28. The van der Waals surface area contributed by atoms with Crippen molar-refractivity contribution in [3.8, 4) is 11.5 Å². The third-order valence-electron chi connectivity index (χ3n) is 3.34. The summed E-state index contributed by atoms with van der Waals surface area (Å²) >= 11 is 5.91. The molecular weight excluding hydrogens is 302 g/mol. The van der Waals surface area contributed by atoms with Crippen LogP contribution in [0.4, 0.5) is 0 Å². The number of nitrogens with one attached hydrogen (secondary N) is 1. The molecule has 5 heteroatoms. The van der Waals surface area contributed by atoms with Crippen LogP contribution in [0.15, 0.2) is 42.5 Å². The van der Waals surface area contributed by atoms with Gasteiger partial charge in [-0.3, -0.25) is 4.79 Å². The number of carbonyl (C=O) groups is 1. The summed E-state index contributed by atoms with van der Waals surface area (Å²) in [4.78, 5) is 12.2. The van der Waals surface area contributed by atoms with Crippen LogP contribution in [0.2, 0.25) is 5.02 Å². The second-order valence-electron chi connectivity index (χ2n) is 4.82. The van der Waals surface area contributed by atoms with Crippen LogP contribution in [0.25, 0.3) is 0 Å². The fourth-order valence-electron chi connectivity index (χ4n) is 2.12. The van der Waals surface area contributed by atoms with Crippen molar-refractivity contribution in [2.45, 2.75) is 13.0 Å². The fraction of sp³-hybridized carbons (Fsp3) is 0.235. The standard InChI is InChI=1S/C17H18ClNO3/c1-11(12-7-8-15(21-2)16(10-12)22-3)19-17(20)13-5-4-6-14(18)9-13/h4-11H,1-3H3,(H,19,20). The maximum atomic E-state index is 12.2. The molecule has 0 fully saturated rings. The van der Waals surface area contributed by atoms with Crippen molar-refractivity contribution in [3.63, 3.8) is 0 Å². The summed E-state index contributed by atoms with van der Waals surface area (Å²) in [5.41, 5.74) is 1.45. The quantitative estimate of drug-likeness (QED) is 0.910. The van der Waals surface area contributed by atoms with Crippen LogP contribution in [-0.2, 0) is 0 Å². The van der Waals surface area contributed by atoms with Crippen molar-refractivity contribution in [2.24, 2.45) is 0 Å². The molecule has 4 nitrogen and oxygen atoms in total. The van der Waals surface area contributed by atoms with Crippen LogP contribution in [0.5, 0.6) is 11.5 Å². The molecule has 0 aliphatic heterocycles. The van der Waals surface area contributed by atoms with Crippen LogP contribution >= 0.6 is 11.6 Å². The van der Waals surface area contributed by atoms with E-state index in [2.05, 4.69) is 5.32 Å². The van der Waals surface area contributed by atoms with Gasteiger partial charge < -0.3 is 14.8 Å². The zero-order valence-electron chi connectivity index (χ0n) is 12.7. The zero-order valence-corrected chi connectivity index (χ0v) is 13.5. The number of rotatable bonds is 5. The van der Waals surface area contributed by atoms with Gasteiger partial charge in [-0.25, -0.2) is 0 Å². The van der Waals surface area contributed by atoms with Gasteiger partial charge >= 0.3 is 0 Å². The predicted molar refractivity (Wildman–Crippen MR) is 86.9 cm³/mol. The Morgan fingerprint density at radius 3 is 2.45 bits per heavy atom. The van der Waals surface area contributed by atoms with Gasteiger partial charge in [0.15, 0.2) is 11.5 Å². The molecule has 0 saturated carbocycles. The van der Waals surface area contributed by atoms with E-state index in [-0.39, 0.29) is 11.9 Å². The molecule has 0 aliphatic carbocycles. The number of benzene rings is 2. The Hall–Kier alpha value is -2.20. The third kappa shape index (κ3) is 3.71. The minimum absolute atomic E-state index is 0.175. The average molecular weight is 320 g/mol. The lowest BCUT2D eigenvalue weighted by Gasteiger charge is -2.16. The predicted octanol–water partition coefficient (Wildman–Crippen LogP) is 3.85. The SMILES string of the molecule is COc1ccc(C(C)NC(=O)c2cccc(Cl)c2)cc1OC. The van der Waals surface area contributed by atoms with Crippen LogP contribution in [0.3, 0.4) is 0 Å². The summed E-state index contributed by atoms with van der Waals surface area (Å²) in [6.07, 6.45) is 0. The van der Waals surface area contributed by atoms with E-state index >= 15 is 0 Å². The molecule has 1 atom stereocenters. The van der Waals surface area contributed by atoms with Gasteiger partial charge in [-0.05, 0) is 42.8 Å². The molecule has 0 aromatic heterocycles. The topological polar surface area (TPSA) is 47.6 Å². The number of halogens is 1. The highest BCUT2D eigenvalue weighted by atomic mass is 35.5. The molecule has 1 amide bonds. The van der Waals surface area contributed by atoms with Crippen LogP contribution in [0, 0.1) is 0 Å². The van der Waals surface area contributed by atoms with Gasteiger partial charge in [0.2, 0.25) is 0 Å². The van der Waals surface area contributed by atoms with E-state index in [9.17, 15) is 4.79 Å². The molecule has 0 spiro atoms. The first-order chi connectivity index (χ1) is 10.5. The van der Waals surface area contributed by atoms with Gasteiger partial charge in [0, 0.05) is 10.6 Å². The lowest BCUT2D eigenvalue weighted by Crippen LogP contribution is -2.26. The van der Waals surface area contributed by atoms with E-state index in [0.717, 1.165) is 5.56 Å². The summed E-state index contributed by atoms with van der Waals surface area (Å²) in [6, 6.07) is 12.2. The molecule has 1 N–H and O–H groups in total. The highest BCUT2D eigenvalue weighted by Gasteiger charge is 2.14. The summed E-state index contributed by atoms with van der Waals surface area (Å²) in [5.74, 6) is 1.10. The van der Waals surface area contributed by atoms with E-state index in [1.807, 2.05) is 25.1 Å². The van der Waals surface area contributed by atoms with E-state index in [4.69, 9.17) is 21.1 Å². The molecule has 0 saturated heterocycles. The zero-order chi connectivity index (χ0) is 16.1. The summed E-state index contributed by atoms with van der Waals surface area (Å²) in [7, 11) is 3.17. The number of methoxy groups -OCH3 is 2. The number of amides is 1. The monoisotopic (exact) mass is 319 g/mol. The second-order valence-corrected chi connectivity index (χ2v) is 5.26. The Morgan fingerprint density at radius 1 is 1.09 bits per heavy atom. The Balaban J connectivity index is 2.15. The highest BCUT2D eigenvalue weighted by molar-refractivity contribution is 6.30. The molecule has 0 bridgehead atoms. The van der Waals surface area contributed by atoms with E-state index in [0.29, 0.717) is 22.1 Å². The van der Waals surface area contributed by atoms with Crippen molar-refractivity contribution < 1.29 is 14.3 Å². The van der Waals surface area contributed by atoms with Crippen molar-refractivity contribution in [2.75, 3.05) is 14.2 Å². The molecule has 116 valence electrons. The van der Waals surface area contributed by atoms with Gasteiger partial charge in [-0.15, -0.1) is 0 Å². The molecule has 0 heterocycles. The molecule has 2 aromatic carbocycles. The van der Waals surface area contributed by atoms with Crippen molar-refractivity contribution >= 4 is 17.5 Å². The molecule has 22 heavy (non-hydrogen) atoms. The molecule has 0 radical (unpaired) electrons. The Morgan fingerprint density at radius 2 is 1.82 bits per heavy atom. The van der Waals surface area contributed by atoms with Crippen LogP contribution in [0.1, 0.15) is 28.9 Å². The first-order valence-corrected chi connectivity index (χ1v) is 7.21. The first-order valence-electron chi connectivity index (χ1n) is 6.83. The third-order valence-corrected chi connectivity index (χ3v) is 3.58. The number of ether oxygens (including phenoxy) is 2. The minimum atomic E-state index is -0.176. The van der Waals surface area contributed by atoms with Gasteiger partial charge in [-0.2, -0.15) is 0 Å². The smallest absolute Gasteiger partial charge is 0.251 e.